The van der Waals surface area contributed by atoms with Crippen molar-refractivity contribution in [2.45, 2.75) is 12.8 Å². The van der Waals surface area contributed by atoms with Crippen LogP contribution in [-0.2, 0) is 19.2 Å². The number of ether oxygens (including phenoxy) is 2. The van der Waals surface area contributed by atoms with Crippen LogP contribution in [0.25, 0.3) is 0 Å². The summed E-state index contributed by atoms with van der Waals surface area (Å²) in [6.07, 6.45) is 4.99. The molecule has 0 spiro atoms. The molecule has 2 aliphatic heterocycles. The summed E-state index contributed by atoms with van der Waals surface area (Å²) >= 11 is 0. The lowest BCUT2D eigenvalue weighted by Gasteiger charge is -2.19. The second-order valence-corrected chi connectivity index (χ2v) is 9.51. The summed E-state index contributed by atoms with van der Waals surface area (Å²) in [4.78, 5) is 54.5. The number of allylic oxidation sites excluding steroid dienone is 2. The van der Waals surface area contributed by atoms with E-state index in [2.05, 4.69) is 12.2 Å². The lowest BCUT2D eigenvalue weighted by molar-refractivity contribution is -0.139. The third-order valence-electron chi connectivity index (χ3n) is 7.60. The number of nitrogens with zero attached hydrogens (tertiary/aromatic N) is 2. The Morgan fingerprint density at radius 3 is 2.37 bits per heavy atom. The van der Waals surface area contributed by atoms with E-state index in [1.54, 1.807) is 42.5 Å². The number of amides is 3. The Balaban J connectivity index is 1.17. The van der Waals surface area contributed by atoms with Crippen molar-refractivity contribution in [3.8, 4) is 11.5 Å². The van der Waals surface area contributed by atoms with Gasteiger partial charge in [-0.2, -0.15) is 0 Å². The van der Waals surface area contributed by atoms with Crippen LogP contribution in [0.4, 0.5) is 11.4 Å². The second kappa shape index (κ2) is 8.08. The van der Waals surface area contributed by atoms with Gasteiger partial charge in [0.1, 0.15) is 11.5 Å². The SMILES string of the molecule is COc1ccccc1N1C[C@H](C(=O)Oc2cccc(N3C(=O)[C@H]4[C@H](C3=O)[C@H]3C=C[C@H]4C3)c2)CC1=O. The molecule has 35 heavy (non-hydrogen) atoms. The quantitative estimate of drug-likeness (QED) is 0.288. The highest BCUT2D eigenvalue weighted by Gasteiger charge is 2.59. The van der Waals surface area contributed by atoms with Crippen LogP contribution in [0.2, 0.25) is 0 Å². The van der Waals surface area contributed by atoms with E-state index < -0.39 is 11.9 Å². The standard InChI is InChI=1S/C27H24N2O6/c1-34-21-8-3-2-7-20(21)28-14-17(12-22(28)30)27(33)35-19-6-4-5-18(13-19)29-25(31)23-15-9-10-16(11-15)24(23)26(29)32/h2-10,13,15-17,23-24H,11-12,14H2,1H3/t15-,16-,17+,23+,24+/m0/s1. The molecule has 8 heteroatoms. The number of fused-ring (bicyclic) bond motifs is 5. The summed E-state index contributed by atoms with van der Waals surface area (Å²) in [7, 11) is 1.53. The van der Waals surface area contributed by atoms with Gasteiger partial charge in [0.25, 0.3) is 0 Å². The molecule has 2 saturated heterocycles. The maximum atomic E-state index is 13.1. The van der Waals surface area contributed by atoms with E-state index in [4.69, 9.17) is 9.47 Å². The molecule has 178 valence electrons. The monoisotopic (exact) mass is 472 g/mol. The van der Waals surface area contributed by atoms with Gasteiger partial charge in [-0.1, -0.05) is 30.4 Å². The zero-order chi connectivity index (χ0) is 24.3. The van der Waals surface area contributed by atoms with Crippen LogP contribution in [0.1, 0.15) is 12.8 Å². The van der Waals surface area contributed by atoms with E-state index in [1.807, 2.05) is 6.07 Å². The normalized spacial score (nSPS) is 28.7. The van der Waals surface area contributed by atoms with Crippen LogP contribution in [0.3, 0.4) is 0 Å². The molecule has 3 fully saturated rings. The topological polar surface area (TPSA) is 93.2 Å². The van der Waals surface area contributed by atoms with E-state index >= 15 is 0 Å². The summed E-state index contributed by atoms with van der Waals surface area (Å²) in [5.41, 5.74) is 1.01. The smallest absolute Gasteiger partial charge is 0.316 e. The molecule has 4 aliphatic rings. The zero-order valence-electron chi connectivity index (χ0n) is 19.1. The van der Waals surface area contributed by atoms with Crippen molar-refractivity contribution in [1.29, 1.82) is 0 Å². The fraction of sp³-hybridized carbons (Fsp3) is 0.333. The molecule has 2 bridgehead atoms. The average Bonchev–Trinajstić information content (AvgIpc) is 3.62. The first-order valence-electron chi connectivity index (χ1n) is 11.8. The summed E-state index contributed by atoms with van der Waals surface area (Å²) in [6, 6.07) is 13.6. The molecule has 5 atom stereocenters. The summed E-state index contributed by atoms with van der Waals surface area (Å²) in [5, 5.41) is 0. The van der Waals surface area contributed by atoms with Gasteiger partial charge in [0, 0.05) is 19.0 Å². The highest BCUT2D eigenvalue weighted by molar-refractivity contribution is 6.22. The zero-order valence-corrected chi connectivity index (χ0v) is 19.1. The van der Waals surface area contributed by atoms with E-state index in [-0.39, 0.29) is 60.1 Å². The van der Waals surface area contributed by atoms with Gasteiger partial charge < -0.3 is 14.4 Å². The van der Waals surface area contributed by atoms with Crippen molar-refractivity contribution in [2.75, 3.05) is 23.5 Å². The fourth-order valence-corrected chi connectivity index (χ4v) is 5.99. The molecule has 2 aliphatic carbocycles. The van der Waals surface area contributed by atoms with Gasteiger partial charge in [0.2, 0.25) is 17.7 Å². The first-order valence-corrected chi connectivity index (χ1v) is 11.8. The number of imide groups is 1. The Hall–Kier alpha value is -3.94. The van der Waals surface area contributed by atoms with E-state index in [0.29, 0.717) is 17.1 Å². The number of methoxy groups -OCH3 is 1. The molecule has 2 aromatic rings. The second-order valence-electron chi connectivity index (χ2n) is 9.51. The number of para-hydroxylation sites is 2. The van der Waals surface area contributed by atoms with Gasteiger partial charge >= 0.3 is 5.97 Å². The van der Waals surface area contributed by atoms with Crippen LogP contribution in [0.5, 0.6) is 11.5 Å². The van der Waals surface area contributed by atoms with Gasteiger partial charge in [-0.3, -0.25) is 19.2 Å². The highest BCUT2D eigenvalue weighted by atomic mass is 16.5. The number of anilines is 2. The lowest BCUT2D eigenvalue weighted by atomic mass is 9.85. The molecular weight excluding hydrogens is 448 g/mol. The Bertz CT molecular complexity index is 1260. The molecule has 3 amide bonds. The molecule has 0 unspecified atom stereocenters. The number of esters is 1. The van der Waals surface area contributed by atoms with Gasteiger partial charge in [-0.15, -0.1) is 0 Å². The molecule has 0 N–H and O–H groups in total. The van der Waals surface area contributed by atoms with Crippen LogP contribution in [0.15, 0.2) is 60.7 Å². The van der Waals surface area contributed by atoms with E-state index in [9.17, 15) is 19.2 Å². The van der Waals surface area contributed by atoms with Crippen molar-refractivity contribution in [2.24, 2.45) is 29.6 Å². The first kappa shape index (κ1) is 21.6. The lowest BCUT2D eigenvalue weighted by Crippen LogP contribution is -2.32. The largest absolute Gasteiger partial charge is 0.495 e. The van der Waals surface area contributed by atoms with E-state index in [0.717, 1.165) is 6.42 Å². The Morgan fingerprint density at radius 2 is 1.66 bits per heavy atom. The van der Waals surface area contributed by atoms with E-state index in [1.165, 1.54) is 16.9 Å². The number of hydrogen-bond donors (Lipinski definition) is 0. The first-order chi connectivity index (χ1) is 17.0. The van der Waals surface area contributed by atoms with Crippen LogP contribution in [0, 0.1) is 29.6 Å². The van der Waals surface area contributed by atoms with Crippen LogP contribution < -0.4 is 19.3 Å². The molecule has 6 rings (SSSR count). The molecule has 1 saturated carbocycles. The minimum Gasteiger partial charge on any atom is -0.495 e. The molecule has 2 heterocycles. The Morgan fingerprint density at radius 1 is 0.943 bits per heavy atom. The maximum Gasteiger partial charge on any atom is 0.316 e. The molecule has 0 aromatic heterocycles. The summed E-state index contributed by atoms with van der Waals surface area (Å²) in [6.45, 7) is 0.181. The maximum absolute atomic E-state index is 13.1. The van der Waals surface area contributed by atoms with Gasteiger partial charge in [-0.25, -0.2) is 4.90 Å². The predicted molar refractivity (Wildman–Crippen MR) is 126 cm³/mol. The third kappa shape index (κ3) is 3.35. The average molecular weight is 472 g/mol. The van der Waals surface area contributed by atoms with Crippen molar-refractivity contribution in [3.05, 3.63) is 60.7 Å². The number of rotatable bonds is 5. The van der Waals surface area contributed by atoms with Crippen molar-refractivity contribution < 1.29 is 28.7 Å². The number of carbonyl (C=O) groups is 4. The van der Waals surface area contributed by atoms with Crippen molar-refractivity contribution >= 4 is 35.1 Å². The molecule has 0 radical (unpaired) electrons. The van der Waals surface area contributed by atoms with Crippen LogP contribution in [-0.4, -0.2) is 37.3 Å². The molecule has 8 nitrogen and oxygen atoms in total. The minimum absolute atomic E-state index is 0.0266. The number of benzene rings is 2. The predicted octanol–water partition coefficient (Wildman–Crippen LogP) is 2.97. The van der Waals surface area contributed by atoms with Crippen molar-refractivity contribution in [3.63, 3.8) is 0 Å². The number of carbonyl (C=O) groups excluding carboxylic acids is 4. The Kier molecular flexibility index (Phi) is 4.98. The fourth-order valence-electron chi connectivity index (χ4n) is 5.99. The minimum atomic E-state index is -0.646. The van der Waals surface area contributed by atoms with Gasteiger partial charge in [0.05, 0.1) is 36.2 Å². The van der Waals surface area contributed by atoms with Crippen molar-refractivity contribution in [1.82, 2.24) is 0 Å². The van der Waals surface area contributed by atoms with Crippen LogP contribution >= 0.6 is 0 Å². The summed E-state index contributed by atoms with van der Waals surface area (Å²) < 4.78 is 10.9. The molecule has 2 aromatic carbocycles. The summed E-state index contributed by atoms with van der Waals surface area (Å²) in [5.74, 6) is -1.30. The third-order valence-corrected chi connectivity index (χ3v) is 7.60. The van der Waals surface area contributed by atoms with Gasteiger partial charge in [-0.05, 0) is 42.5 Å². The highest BCUT2D eigenvalue weighted by Crippen LogP contribution is 2.53. The Labute approximate surface area is 202 Å². The number of hydrogen-bond acceptors (Lipinski definition) is 6. The molecular formula is C27H24N2O6. The van der Waals surface area contributed by atoms with Gasteiger partial charge in [0.15, 0.2) is 0 Å².